The van der Waals surface area contributed by atoms with E-state index in [-0.39, 0.29) is 22.0 Å². The predicted octanol–water partition coefficient (Wildman–Crippen LogP) is 24.2. The summed E-state index contributed by atoms with van der Waals surface area (Å²) in [5.74, 6) is 0. The van der Waals surface area contributed by atoms with Crippen molar-refractivity contribution in [1.29, 1.82) is 0 Å². The van der Waals surface area contributed by atoms with Gasteiger partial charge >= 0.3 is 0 Å². The Bertz CT molecular complexity index is 773. The minimum absolute atomic E-state index is 0.0316. The zero-order valence-electron chi connectivity index (χ0n) is 47.8. The van der Waals surface area contributed by atoms with E-state index in [1.54, 1.807) is 0 Å². The van der Waals surface area contributed by atoms with E-state index in [4.69, 9.17) is 0 Å². The molecule has 0 aromatic heterocycles. The third kappa shape index (κ3) is 27.8. The van der Waals surface area contributed by atoms with Gasteiger partial charge in [-0.3, -0.25) is 0 Å². The minimum Gasteiger partial charge on any atom is -0.367 e. The van der Waals surface area contributed by atoms with Crippen molar-refractivity contribution in [3.8, 4) is 0 Å². The van der Waals surface area contributed by atoms with E-state index in [9.17, 15) is 4.74 Å². The molecule has 0 atom stereocenters. The van der Waals surface area contributed by atoms with Crippen LogP contribution in [0.15, 0.2) is 0 Å². The zero-order chi connectivity index (χ0) is 48.1. The fourth-order valence-electron chi connectivity index (χ4n) is 12.9. The van der Waals surface area contributed by atoms with Gasteiger partial charge in [-0.1, -0.05) is 326 Å². The van der Waals surface area contributed by atoms with E-state index in [2.05, 4.69) is 69.2 Å². The van der Waals surface area contributed by atoms with Crippen LogP contribution in [0.4, 0.5) is 0 Å². The summed E-state index contributed by atoms with van der Waals surface area (Å²) in [5, 5.41) is 0. The smallest absolute Gasteiger partial charge is 0.0746 e. The van der Waals surface area contributed by atoms with Gasteiger partial charge in [0.1, 0.15) is 0 Å². The third-order valence-electron chi connectivity index (χ3n) is 17.1. The summed E-state index contributed by atoms with van der Waals surface area (Å²) in [6, 6.07) is 0. The van der Waals surface area contributed by atoms with Crippen LogP contribution < -0.4 is 0 Å². The summed E-state index contributed by atoms with van der Waals surface area (Å²) < 4.78 is 9.42. The molecule has 0 saturated carbocycles. The molecule has 0 bridgehead atoms. The second-order valence-electron chi connectivity index (χ2n) is 22.8. The number of hydrogen-bond acceptors (Lipinski definition) is 1. The Kier molecular flexibility index (Phi) is 45.1. The molecule has 392 valence electrons. The standard InChI is InChI=1S/C64H130O/c1-11-21-31-41-51-61(52-42-32-22-12-2,53-43-33-23-13-3)63(57-47-37-27-17-7,58-48-38-28-18-8)65-64(59-49-39-29-19-9,60-50-40-30-20-10)62(54-44-34-24-14-4,55-45-35-25-15-5)56-46-36-26-16-6/h11-60H2,1-10H3. The van der Waals surface area contributed by atoms with Gasteiger partial charge in [0.2, 0.25) is 0 Å². The van der Waals surface area contributed by atoms with Crippen LogP contribution in [-0.4, -0.2) is 11.2 Å². The summed E-state index contributed by atoms with van der Waals surface area (Å²) in [6.07, 6.45) is 69.2. The molecule has 0 aliphatic carbocycles. The molecule has 0 spiro atoms. The second kappa shape index (κ2) is 45.1. The molecule has 1 nitrogen and oxygen atoms in total. The van der Waals surface area contributed by atoms with Crippen LogP contribution in [0.3, 0.4) is 0 Å². The summed E-state index contributed by atoms with van der Waals surface area (Å²) in [5.41, 5.74) is 0.487. The van der Waals surface area contributed by atoms with Crippen LogP contribution >= 0.6 is 0 Å². The zero-order valence-corrected chi connectivity index (χ0v) is 47.8. The Morgan fingerprint density at radius 2 is 0.308 bits per heavy atom. The van der Waals surface area contributed by atoms with Gasteiger partial charge in [-0.2, -0.15) is 0 Å². The summed E-state index contributed by atoms with van der Waals surface area (Å²) in [6.45, 7) is 24.4. The van der Waals surface area contributed by atoms with Crippen LogP contribution in [0.1, 0.15) is 390 Å². The van der Waals surface area contributed by atoms with Crippen molar-refractivity contribution in [2.24, 2.45) is 10.8 Å². The van der Waals surface area contributed by atoms with Gasteiger partial charge in [-0.25, -0.2) is 0 Å². The van der Waals surface area contributed by atoms with Gasteiger partial charge in [0.25, 0.3) is 0 Å². The molecule has 0 fully saturated rings. The first-order valence-corrected chi connectivity index (χ1v) is 31.5. The fourth-order valence-corrected chi connectivity index (χ4v) is 12.9. The van der Waals surface area contributed by atoms with Crippen molar-refractivity contribution < 1.29 is 4.74 Å². The summed E-state index contributed by atoms with van der Waals surface area (Å²) >= 11 is 0. The van der Waals surface area contributed by atoms with E-state index in [1.807, 2.05) is 0 Å². The quantitative estimate of drug-likeness (QED) is 0.0553. The number of rotatable bonds is 54. The third-order valence-corrected chi connectivity index (χ3v) is 17.1. The topological polar surface area (TPSA) is 9.23 Å². The Hall–Kier alpha value is -0.0400. The molecule has 0 aromatic carbocycles. The van der Waals surface area contributed by atoms with E-state index in [0.717, 1.165) is 0 Å². The first-order chi connectivity index (χ1) is 31.8. The maximum absolute atomic E-state index is 9.42. The van der Waals surface area contributed by atoms with Crippen LogP contribution in [-0.2, 0) is 4.74 Å². The van der Waals surface area contributed by atoms with Gasteiger partial charge in [0.15, 0.2) is 0 Å². The van der Waals surface area contributed by atoms with Crippen molar-refractivity contribution in [3.05, 3.63) is 0 Å². The molecule has 0 saturated heterocycles. The molecule has 0 aliphatic rings. The molecule has 0 heterocycles. The van der Waals surface area contributed by atoms with Gasteiger partial charge < -0.3 is 4.74 Å². The van der Waals surface area contributed by atoms with Gasteiger partial charge in [0.05, 0.1) is 11.2 Å². The van der Waals surface area contributed by atoms with Gasteiger partial charge in [-0.05, 0) is 75.0 Å². The minimum atomic E-state index is -0.0316. The van der Waals surface area contributed by atoms with Gasteiger partial charge in [-0.15, -0.1) is 0 Å². The molecule has 0 amide bonds. The molecular formula is C64H130O. The maximum atomic E-state index is 9.42. The highest BCUT2D eigenvalue weighted by Gasteiger charge is 2.58. The molecule has 0 aromatic rings. The van der Waals surface area contributed by atoms with Gasteiger partial charge in [0, 0.05) is 0 Å². The highest BCUT2D eigenvalue weighted by Crippen LogP contribution is 2.61. The van der Waals surface area contributed by atoms with Crippen molar-refractivity contribution in [2.75, 3.05) is 0 Å². The van der Waals surface area contributed by atoms with Crippen LogP contribution in [0.2, 0.25) is 0 Å². The summed E-state index contributed by atoms with van der Waals surface area (Å²) in [4.78, 5) is 0. The largest absolute Gasteiger partial charge is 0.367 e. The molecule has 0 N–H and O–H groups in total. The monoisotopic (exact) mass is 915 g/mol. The van der Waals surface area contributed by atoms with E-state index < -0.39 is 0 Å². The molecule has 1 heteroatoms. The Labute approximate surface area is 415 Å². The molecule has 0 rings (SSSR count). The Morgan fingerprint density at radius 1 is 0.169 bits per heavy atom. The average Bonchev–Trinajstić information content (AvgIpc) is 3.31. The number of ether oxygens (including phenoxy) is 1. The van der Waals surface area contributed by atoms with Crippen molar-refractivity contribution in [3.63, 3.8) is 0 Å². The maximum Gasteiger partial charge on any atom is 0.0746 e. The van der Waals surface area contributed by atoms with Crippen LogP contribution in [0, 0.1) is 10.8 Å². The highest BCUT2D eigenvalue weighted by molar-refractivity contribution is 5.08. The Morgan fingerprint density at radius 3 is 0.446 bits per heavy atom. The number of unbranched alkanes of at least 4 members (excludes halogenated alkanes) is 30. The second-order valence-corrected chi connectivity index (χ2v) is 22.8. The lowest BCUT2D eigenvalue weighted by atomic mass is 9.56. The molecule has 0 unspecified atom stereocenters. The van der Waals surface area contributed by atoms with Crippen molar-refractivity contribution >= 4 is 0 Å². The first kappa shape index (κ1) is 65.0. The average molecular weight is 916 g/mol. The van der Waals surface area contributed by atoms with E-state index in [1.165, 1.54) is 321 Å². The normalized spacial score (nSPS) is 12.8. The SMILES string of the molecule is CCCCCCC(CCCCCC)(CCCCCC)C(CCCCCC)(CCCCCC)OC(CCCCCC)(CCCCCC)C(CCCCCC)(CCCCCC)CCCCCC. The van der Waals surface area contributed by atoms with Crippen molar-refractivity contribution in [2.45, 2.75) is 401 Å². The first-order valence-electron chi connectivity index (χ1n) is 31.5. The Balaban J connectivity index is 8.87. The lowest BCUT2D eigenvalue weighted by molar-refractivity contribution is -0.277. The fraction of sp³-hybridized carbons (Fsp3) is 1.00. The molecule has 0 radical (unpaired) electrons. The molecular weight excluding hydrogens is 785 g/mol. The lowest BCUT2D eigenvalue weighted by Gasteiger charge is -2.61. The lowest BCUT2D eigenvalue weighted by Crippen LogP contribution is -2.61. The predicted molar refractivity (Wildman–Crippen MR) is 299 cm³/mol. The van der Waals surface area contributed by atoms with E-state index >= 15 is 0 Å². The van der Waals surface area contributed by atoms with Crippen molar-refractivity contribution in [1.82, 2.24) is 0 Å². The number of hydrogen-bond donors (Lipinski definition) is 0. The van der Waals surface area contributed by atoms with Crippen LogP contribution in [0.25, 0.3) is 0 Å². The van der Waals surface area contributed by atoms with Crippen LogP contribution in [0.5, 0.6) is 0 Å². The van der Waals surface area contributed by atoms with E-state index in [0.29, 0.717) is 0 Å². The molecule has 65 heavy (non-hydrogen) atoms. The summed E-state index contributed by atoms with van der Waals surface area (Å²) in [7, 11) is 0. The highest BCUT2D eigenvalue weighted by atomic mass is 16.5. The molecule has 0 aliphatic heterocycles.